The fraction of sp³-hybridized carbons (Fsp3) is 0.263. The van der Waals surface area contributed by atoms with Crippen LogP contribution in [0.4, 0.5) is 11.4 Å². The molecule has 2 aromatic carbocycles. The van der Waals surface area contributed by atoms with E-state index in [-0.39, 0.29) is 24.4 Å². The summed E-state index contributed by atoms with van der Waals surface area (Å²) in [7, 11) is 0. The van der Waals surface area contributed by atoms with Gasteiger partial charge in [0.25, 0.3) is 0 Å². The van der Waals surface area contributed by atoms with Crippen molar-refractivity contribution in [3.63, 3.8) is 0 Å². The normalized spacial score (nSPS) is 15.8. The van der Waals surface area contributed by atoms with Crippen molar-refractivity contribution in [3.05, 3.63) is 58.1 Å². The van der Waals surface area contributed by atoms with E-state index in [9.17, 15) is 9.59 Å². The van der Waals surface area contributed by atoms with E-state index in [4.69, 9.17) is 23.2 Å². The quantitative estimate of drug-likeness (QED) is 0.799. The number of nitrogens with zero attached hydrogens (tertiary/aromatic N) is 2. The third-order valence-electron chi connectivity index (χ3n) is 4.36. The molecule has 1 heterocycles. The number of rotatable bonds is 3. The molecular weight excluding hydrogens is 359 g/mol. The van der Waals surface area contributed by atoms with Crippen LogP contribution in [0.2, 0.25) is 10.0 Å². The van der Waals surface area contributed by atoms with Gasteiger partial charge in [-0.1, -0.05) is 41.4 Å². The molecule has 1 atom stereocenters. The second-order valence-corrected chi connectivity index (χ2v) is 6.96. The Labute approximate surface area is 156 Å². The Morgan fingerprint density at radius 1 is 1.16 bits per heavy atom. The van der Waals surface area contributed by atoms with Crippen LogP contribution in [0.3, 0.4) is 0 Å². The lowest BCUT2D eigenvalue weighted by Crippen LogP contribution is -2.44. The maximum atomic E-state index is 12.9. The summed E-state index contributed by atoms with van der Waals surface area (Å²) < 4.78 is 0. The molecule has 0 bridgehead atoms. The summed E-state index contributed by atoms with van der Waals surface area (Å²) >= 11 is 12.0. The number of para-hydroxylation sites is 1. The first-order valence-corrected chi connectivity index (χ1v) is 8.77. The van der Waals surface area contributed by atoms with Crippen molar-refractivity contribution in [2.45, 2.75) is 26.3 Å². The van der Waals surface area contributed by atoms with Crippen LogP contribution >= 0.6 is 23.2 Å². The van der Waals surface area contributed by atoms with Crippen molar-refractivity contribution in [2.75, 3.05) is 16.3 Å². The molecule has 4 nitrogen and oxygen atoms in total. The summed E-state index contributed by atoms with van der Waals surface area (Å²) in [4.78, 5) is 28.2. The van der Waals surface area contributed by atoms with Crippen molar-refractivity contribution in [1.29, 1.82) is 0 Å². The Morgan fingerprint density at radius 3 is 2.56 bits per heavy atom. The predicted molar refractivity (Wildman–Crippen MR) is 102 cm³/mol. The smallest absolute Gasteiger partial charge is 0.247 e. The second-order valence-electron chi connectivity index (χ2n) is 6.15. The second kappa shape index (κ2) is 7.06. The molecule has 0 aliphatic carbocycles. The zero-order valence-corrected chi connectivity index (χ0v) is 15.5. The van der Waals surface area contributed by atoms with E-state index in [0.717, 1.165) is 17.7 Å². The number of hydrogen-bond acceptors (Lipinski definition) is 2. The van der Waals surface area contributed by atoms with Crippen LogP contribution in [0.5, 0.6) is 0 Å². The average Bonchev–Trinajstić information content (AvgIpc) is 2.90. The lowest BCUT2D eigenvalue weighted by atomic mass is 10.1. The van der Waals surface area contributed by atoms with Crippen LogP contribution in [0.1, 0.15) is 19.4 Å². The molecule has 2 aromatic rings. The molecular formula is C19H18Cl2N2O2. The standard InChI is InChI=1S/C19H18Cl2N2O2/c1-12-9-14-5-3-4-6-18(14)23(12)19(25)11-22(13(2)24)15-7-8-16(20)17(21)10-15/h3-8,10,12H,9,11H2,1-2H3. The van der Waals surface area contributed by atoms with Gasteiger partial charge in [0.1, 0.15) is 6.54 Å². The minimum atomic E-state index is -0.230. The number of halogens is 2. The molecule has 0 spiro atoms. The van der Waals surface area contributed by atoms with E-state index >= 15 is 0 Å². The Balaban J connectivity index is 1.87. The van der Waals surface area contributed by atoms with Gasteiger partial charge >= 0.3 is 0 Å². The maximum absolute atomic E-state index is 12.9. The van der Waals surface area contributed by atoms with Crippen LogP contribution in [0.25, 0.3) is 0 Å². The molecule has 1 aliphatic rings. The van der Waals surface area contributed by atoms with Gasteiger partial charge in [0.15, 0.2) is 0 Å². The molecule has 3 rings (SSSR count). The third-order valence-corrected chi connectivity index (χ3v) is 5.10. The number of hydrogen-bond donors (Lipinski definition) is 0. The molecule has 0 saturated carbocycles. The molecule has 1 aliphatic heterocycles. The van der Waals surface area contributed by atoms with Gasteiger partial charge < -0.3 is 9.80 Å². The third kappa shape index (κ3) is 3.51. The highest BCUT2D eigenvalue weighted by molar-refractivity contribution is 6.42. The first kappa shape index (κ1) is 17.8. The highest BCUT2D eigenvalue weighted by Crippen LogP contribution is 2.32. The van der Waals surface area contributed by atoms with E-state index in [2.05, 4.69) is 0 Å². The molecule has 0 aromatic heterocycles. The minimum absolute atomic E-state index is 0.0496. The molecule has 1 unspecified atom stereocenters. The number of amides is 2. The van der Waals surface area contributed by atoms with Crippen molar-refractivity contribution in [1.82, 2.24) is 0 Å². The zero-order valence-electron chi connectivity index (χ0n) is 14.0. The van der Waals surface area contributed by atoms with Crippen molar-refractivity contribution >= 4 is 46.4 Å². The van der Waals surface area contributed by atoms with E-state index in [1.807, 2.05) is 31.2 Å². The van der Waals surface area contributed by atoms with Gasteiger partial charge in [0, 0.05) is 24.3 Å². The summed E-state index contributed by atoms with van der Waals surface area (Å²) in [6, 6.07) is 12.8. The SMILES string of the molecule is CC(=O)N(CC(=O)N1c2ccccc2CC1C)c1ccc(Cl)c(Cl)c1. The highest BCUT2D eigenvalue weighted by atomic mass is 35.5. The number of fused-ring (bicyclic) bond motifs is 1. The highest BCUT2D eigenvalue weighted by Gasteiger charge is 2.32. The van der Waals surface area contributed by atoms with Gasteiger partial charge in [-0.25, -0.2) is 0 Å². The van der Waals surface area contributed by atoms with Crippen LogP contribution < -0.4 is 9.80 Å². The molecule has 6 heteroatoms. The lowest BCUT2D eigenvalue weighted by Gasteiger charge is -2.27. The topological polar surface area (TPSA) is 40.6 Å². The van der Waals surface area contributed by atoms with Crippen LogP contribution in [0.15, 0.2) is 42.5 Å². The van der Waals surface area contributed by atoms with E-state index in [1.54, 1.807) is 23.1 Å². The number of carbonyl (C=O) groups is 2. The van der Waals surface area contributed by atoms with Crippen LogP contribution in [-0.4, -0.2) is 24.4 Å². The summed E-state index contributed by atoms with van der Waals surface area (Å²) in [6.45, 7) is 3.39. The van der Waals surface area contributed by atoms with Gasteiger partial charge in [-0.15, -0.1) is 0 Å². The summed E-state index contributed by atoms with van der Waals surface area (Å²) in [5.41, 5.74) is 2.61. The van der Waals surface area contributed by atoms with Crippen molar-refractivity contribution in [3.8, 4) is 0 Å². The van der Waals surface area contributed by atoms with Crippen molar-refractivity contribution in [2.24, 2.45) is 0 Å². The van der Waals surface area contributed by atoms with Gasteiger partial charge in [-0.2, -0.15) is 0 Å². The zero-order chi connectivity index (χ0) is 18.1. The number of benzene rings is 2. The molecule has 2 amide bonds. The molecule has 130 valence electrons. The minimum Gasteiger partial charge on any atom is -0.307 e. The fourth-order valence-corrected chi connectivity index (χ4v) is 3.49. The Hall–Kier alpha value is -2.04. The molecule has 0 saturated heterocycles. The molecule has 0 radical (unpaired) electrons. The van der Waals surface area contributed by atoms with E-state index < -0.39 is 0 Å². The number of anilines is 2. The average molecular weight is 377 g/mol. The van der Waals surface area contributed by atoms with Gasteiger partial charge in [0.2, 0.25) is 11.8 Å². The van der Waals surface area contributed by atoms with Crippen LogP contribution in [-0.2, 0) is 16.0 Å². The first-order chi connectivity index (χ1) is 11.9. The largest absolute Gasteiger partial charge is 0.307 e. The summed E-state index contributed by atoms with van der Waals surface area (Å²) in [5, 5.41) is 0.750. The Kier molecular flexibility index (Phi) is 5.02. The molecule has 0 fully saturated rings. The Morgan fingerprint density at radius 2 is 1.88 bits per heavy atom. The van der Waals surface area contributed by atoms with Crippen molar-refractivity contribution < 1.29 is 9.59 Å². The maximum Gasteiger partial charge on any atom is 0.247 e. The lowest BCUT2D eigenvalue weighted by molar-refractivity contribution is -0.121. The number of carbonyl (C=O) groups excluding carboxylic acids is 2. The monoisotopic (exact) mass is 376 g/mol. The summed E-state index contributed by atoms with van der Waals surface area (Å²) in [5.74, 6) is -0.356. The van der Waals surface area contributed by atoms with E-state index in [1.165, 1.54) is 11.8 Å². The molecule has 25 heavy (non-hydrogen) atoms. The molecule has 0 N–H and O–H groups in total. The fourth-order valence-electron chi connectivity index (χ4n) is 3.19. The van der Waals surface area contributed by atoms with Gasteiger partial charge in [-0.3, -0.25) is 9.59 Å². The summed E-state index contributed by atoms with van der Waals surface area (Å²) in [6.07, 6.45) is 0.814. The first-order valence-electron chi connectivity index (χ1n) is 8.01. The van der Waals surface area contributed by atoms with E-state index in [0.29, 0.717) is 15.7 Å². The van der Waals surface area contributed by atoms with Crippen LogP contribution in [0, 0.1) is 0 Å². The Bertz CT molecular complexity index is 838. The van der Waals surface area contributed by atoms with Gasteiger partial charge in [-0.05, 0) is 43.2 Å². The van der Waals surface area contributed by atoms with Gasteiger partial charge in [0.05, 0.1) is 10.0 Å². The predicted octanol–water partition coefficient (Wildman–Crippen LogP) is 4.32.